The summed E-state index contributed by atoms with van der Waals surface area (Å²) in [5.74, 6) is 0. The second-order valence-electron chi connectivity index (χ2n) is 6.93. The van der Waals surface area contributed by atoms with Crippen LogP contribution in [-0.4, -0.2) is 26.1 Å². The highest BCUT2D eigenvalue weighted by Gasteiger charge is 2.17. The molecule has 0 bridgehead atoms. The maximum absolute atomic E-state index is 2.32. The molecule has 0 saturated carbocycles. The monoisotopic (exact) mass is 307 g/mol. The third-order valence-electron chi connectivity index (χ3n) is 4.53. The minimum atomic E-state index is 0. The molecule has 0 spiro atoms. The van der Waals surface area contributed by atoms with E-state index in [4.69, 9.17) is 0 Å². The molecule has 0 radical (unpaired) electrons. The highest BCUT2D eigenvalue weighted by Crippen LogP contribution is 2.19. The first-order valence-electron chi connectivity index (χ1n) is 9.05. The number of unbranched alkanes of at least 4 members (excludes halogenated alkanes) is 9. The molecular weight excluding hydrogens is 270 g/mol. The quantitative estimate of drug-likeness (QED) is 0.344. The van der Waals surface area contributed by atoms with Crippen molar-refractivity contribution >= 4 is 5.69 Å². The van der Waals surface area contributed by atoms with Crippen molar-refractivity contribution < 1.29 is 5.48 Å². The van der Waals surface area contributed by atoms with Gasteiger partial charge in [-0.1, -0.05) is 76.5 Å². The molecule has 0 amide bonds. The van der Waals surface area contributed by atoms with Gasteiger partial charge in [0.1, 0.15) is 5.69 Å². The van der Waals surface area contributed by atoms with Gasteiger partial charge in [-0.25, -0.2) is 0 Å². The third-order valence-corrected chi connectivity index (χ3v) is 4.53. The van der Waals surface area contributed by atoms with Crippen LogP contribution in [0.5, 0.6) is 0 Å². The van der Waals surface area contributed by atoms with E-state index in [9.17, 15) is 0 Å². The summed E-state index contributed by atoms with van der Waals surface area (Å²) in [4.78, 5) is 0. The average Bonchev–Trinajstić information content (AvgIpc) is 2.50. The van der Waals surface area contributed by atoms with Crippen molar-refractivity contribution in [3.05, 3.63) is 30.3 Å². The zero-order valence-corrected chi connectivity index (χ0v) is 15.1. The normalized spacial score (nSPS) is 11.2. The molecule has 128 valence electrons. The maximum atomic E-state index is 2.32. The van der Waals surface area contributed by atoms with E-state index < -0.39 is 0 Å². The second-order valence-corrected chi connectivity index (χ2v) is 6.93. The zero-order valence-electron chi connectivity index (χ0n) is 15.1. The highest BCUT2D eigenvalue weighted by molar-refractivity contribution is 5.40. The van der Waals surface area contributed by atoms with Crippen molar-refractivity contribution in [3.8, 4) is 0 Å². The Bertz CT molecular complexity index is 348. The lowest BCUT2D eigenvalue weighted by molar-refractivity contribution is 0.380. The number of hydrogen-bond donors (Lipinski definition) is 0. The van der Waals surface area contributed by atoms with Crippen molar-refractivity contribution in [2.45, 2.75) is 71.1 Å². The van der Waals surface area contributed by atoms with Gasteiger partial charge >= 0.3 is 0 Å². The van der Waals surface area contributed by atoms with E-state index >= 15 is 0 Å². The van der Waals surface area contributed by atoms with E-state index in [0.717, 1.165) is 4.48 Å². The molecule has 0 unspecified atom stereocenters. The third kappa shape index (κ3) is 9.22. The summed E-state index contributed by atoms with van der Waals surface area (Å²) in [5, 5.41) is 0. The summed E-state index contributed by atoms with van der Waals surface area (Å²) >= 11 is 0. The Balaban J connectivity index is 0.00000441. The summed E-state index contributed by atoms with van der Waals surface area (Å²) < 4.78 is 1.01. The topological polar surface area (TPSA) is 30.0 Å². The molecule has 0 saturated heterocycles. The fraction of sp³-hybridized carbons (Fsp3) is 0.700. The zero-order chi connectivity index (χ0) is 15.4. The van der Waals surface area contributed by atoms with Gasteiger partial charge in [0, 0.05) is 0 Å². The lowest BCUT2D eigenvalue weighted by Gasteiger charge is -2.29. The van der Waals surface area contributed by atoms with Crippen molar-refractivity contribution in [1.82, 2.24) is 4.48 Å². The molecule has 0 aliphatic carbocycles. The molecular formula is C20H37NO. The second kappa shape index (κ2) is 12.7. The molecule has 2 heteroatoms. The minimum absolute atomic E-state index is 0. The Morgan fingerprint density at radius 2 is 1.14 bits per heavy atom. The van der Waals surface area contributed by atoms with Gasteiger partial charge in [0.15, 0.2) is 0 Å². The van der Waals surface area contributed by atoms with Crippen LogP contribution in [0.1, 0.15) is 71.1 Å². The Kier molecular flexibility index (Phi) is 12.2. The molecule has 1 aromatic carbocycles. The summed E-state index contributed by atoms with van der Waals surface area (Å²) in [7, 11) is 4.64. The van der Waals surface area contributed by atoms with Gasteiger partial charge < -0.3 is 5.48 Å². The molecule has 0 fully saturated rings. The first-order valence-corrected chi connectivity index (χ1v) is 9.05. The summed E-state index contributed by atoms with van der Waals surface area (Å²) in [6, 6.07) is 10.9. The Morgan fingerprint density at radius 3 is 1.64 bits per heavy atom. The first-order chi connectivity index (χ1) is 10.2. The van der Waals surface area contributed by atoms with Gasteiger partial charge in [-0.05, 0) is 25.0 Å². The molecule has 2 nitrogen and oxygen atoms in total. The summed E-state index contributed by atoms with van der Waals surface area (Å²) in [6.07, 6.45) is 14.2. The van der Waals surface area contributed by atoms with E-state index in [0.29, 0.717) is 0 Å². The van der Waals surface area contributed by atoms with E-state index in [1.807, 2.05) is 0 Å². The van der Waals surface area contributed by atoms with Crippen LogP contribution in [0.3, 0.4) is 0 Å². The van der Waals surface area contributed by atoms with Crippen LogP contribution in [0.2, 0.25) is 0 Å². The predicted octanol–water partition coefficient (Wildman–Crippen LogP) is 6.00. The number of quaternary nitrogens is 1. The van der Waals surface area contributed by atoms with E-state index in [-0.39, 0.29) is 5.48 Å². The van der Waals surface area contributed by atoms with Crippen molar-refractivity contribution in [2.75, 3.05) is 20.6 Å². The standard InChI is InChI=1S/C20H36N.H2O/c1-4-5-6-7-8-9-10-11-12-16-19-21(2,3)20-17-14-13-15-18-20;/h13-15,17-18H,4-12,16,19H2,1-3H3;1H2/q+1;/p-1. The Morgan fingerprint density at radius 1 is 0.682 bits per heavy atom. The fourth-order valence-electron chi connectivity index (χ4n) is 2.96. The number of hydrogen-bond acceptors (Lipinski definition) is 1. The van der Waals surface area contributed by atoms with Crippen molar-refractivity contribution in [2.24, 2.45) is 0 Å². The Labute approximate surface area is 138 Å². The van der Waals surface area contributed by atoms with Crippen LogP contribution >= 0.6 is 0 Å². The summed E-state index contributed by atoms with van der Waals surface area (Å²) in [5.41, 5.74) is 1.42. The lowest BCUT2D eigenvalue weighted by Crippen LogP contribution is -2.41. The molecule has 0 atom stereocenters. The van der Waals surface area contributed by atoms with Crippen LogP contribution < -0.4 is 4.48 Å². The molecule has 0 aromatic heterocycles. The van der Waals surface area contributed by atoms with Crippen LogP contribution in [0.15, 0.2) is 30.3 Å². The van der Waals surface area contributed by atoms with Crippen LogP contribution in [0.4, 0.5) is 5.69 Å². The number of benzene rings is 1. The molecule has 0 aliphatic heterocycles. The van der Waals surface area contributed by atoms with E-state index in [1.54, 1.807) is 0 Å². The first kappa shape index (κ1) is 21.1. The van der Waals surface area contributed by atoms with Gasteiger partial charge in [-0.3, -0.25) is 4.48 Å². The minimum Gasteiger partial charge on any atom is -0.870 e. The number of para-hydroxylation sites is 1. The summed E-state index contributed by atoms with van der Waals surface area (Å²) in [6.45, 7) is 3.54. The van der Waals surface area contributed by atoms with Gasteiger partial charge in [-0.2, -0.15) is 0 Å². The highest BCUT2D eigenvalue weighted by atomic mass is 16.0. The average molecular weight is 308 g/mol. The maximum Gasteiger partial charge on any atom is 0.132 e. The molecule has 1 rings (SSSR count). The van der Waals surface area contributed by atoms with Gasteiger partial charge in [0.25, 0.3) is 0 Å². The lowest BCUT2D eigenvalue weighted by atomic mass is 10.1. The smallest absolute Gasteiger partial charge is 0.132 e. The van der Waals surface area contributed by atoms with E-state index in [2.05, 4.69) is 51.4 Å². The SMILES string of the molecule is CCCCCCCCCCCC[N+](C)(C)c1ccccc1.[OH-]. The predicted molar refractivity (Wildman–Crippen MR) is 98.7 cm³/mol. The van der Waals surface area contributed by atoms with Crippen molar-refractivity contribution in [3.63, 3.8) is 0 Å². The number of nitrogens with zero attached hydrogens (tertiary/aromatic N) is 1. The fourth-order valence-corrected chi connectivity index (χ4v) is 2.96. The molecule has 1 N–H and O–H groups in total. The van der Waals surface area contributed by atoms with Crippen LogP contribution in [-0.2, 0) is 0 Å². The molecule has 0 heterocycles. The molecule has 22 heavy (non-hydrogen) atoms. The van der Waals surface area contributed by atoms with E-state index in [1.165, 1.54) is 76.4 Å². The Hall–Kier alpha value is -0.860. The largest absolute Gasteiger partial charge is 0.870 e. The van der Waals surface area contributed by atoms with Gasteiger partial charge in [0.2, 0.25) is 0 Å². The van der Waals surface area contributed by atoms with Gasteiger partial charge in [0.05, 0.1) is 20.6 Å². The van der Waals surface area contributed by atoms with Crippen LogP contribution in [0.25, 0.3) is 0 Å². The molecule has 0 aliphatic rings. The molecule has 1 aromatic rings. The number of rotatable bonds is 12. The van der Waals surface area contributed by atoms with Crippen LogP contribution in [0, 0.1) is 0 Å². The van der Waals surface area contributed by atoms with Crippen molar-refractivity contribution in [1.29, 1.82) is 0 Å². The van der Waals surface area contributed by atoms with Gasteiger partial charge in [-0.15, -0.1) is 0 Å².